The van der Waals surface area contributed by atoms with Crippen molar-refractivity contribution in [1.82, 2.24) is 0 Å². The lowest BCUT2D eigenvalue weighted by atomic mass is 9.77. The Bertz CT molecular complexity index is 1380. The average Bonchev–Trinajstić information content (AvgIpc) is 3.40. The lowest BCUT2D eigenvalue weighted by Crippen LogP contribution is -2.51. The molecule has 0 aromatic heterocycles. The van der Waals surface area contributed by atoms with Crippen LogP contribution >= 0.6 is 27.5 Å². The molecule has 2 aliphatic heterocycles. The summed E-state index contributed by atoms with van der Waals surface area (Å²) >= 11 is 9.48. The standard InChI is InChI=1S/C26H15BrClNO5/c27-18-8-4-3-7-17(18)21-19-20(25(33)29(24(19)32)14-11-9-13(28)10-12-14)26(34-21)22(30)15-5-1-2-6-16(15)23(26)31/h1-12,19-21H/t19-,20-,21+/m1/s1. The Kier molecular flexibility index (Phi) is 4.68. The molecule has 1 aliphatic carbocycles. The summed E-state index contributed by atoms with van der Waals surface area (Å²) in [6.45, 7) is 0. The number of rotatable bonds is 2. The zero-order chi connectivity index (χ0) is 23.8. The van der Waals surface area contributed by atoms with E-state index in [1.54, 1.807) is 72.8 Å². The maximum atomic E-state index is 13.8. The molecule has 0 saturated carbocycles. The van der Waals surface area contributed by atoms with Gasteiger partial charge in [0.15, 0.2) is 0 Å². The van der Waals surface area contributed by atoms with Crippen LogP contribution in [0.3, 0.4) is 0 Å². The Labute approximate surface area is 207 Å². The molecule has 0 unspecified atom stereocenters. The Hall–Kier alpha value is -3.13. The van der Waals surface area contributed by atoms with E-state index in [9.17, 15) is 19.2 Å². The van der Waals surface area contributed by atoms with Crippen LogP contribution < -0.4 is 4.90 Å². The third-order valence-electron chi connectivity index (χ3n) is 6.82. The van der Waals surface area contributed by atoms with Gasteiger partial charge in [0.1, 0.15) is 0 Å². The van der Waals surface area contributed by atoms with E-state index in [-0.39, 0.29) is 11.1 Å². The molecule has 6 rings (SSSR count). The Morgan fingerprint density at radius 1 is 0.794 bits per heavy atom. The monoisotopic (exact) mass is 535 g/mol. The molecule has 3 aromatic rings. The minimum Gasteiger partial charge on any atom is -0.349 e. The molecule has 2 fully saturated rings. The fourth-order valence-electron chi connectivity index (χ4n) is 5.35. The zero-order valence-electron chi connectivity index (χ0n) is 17.4. The molecule has 2 saturated heterocycles. The second-order valence-corrected chi connectivity index (χ2v) is 9.78. The number of Topliss-reactive ketones (excluding diaryl/α,β-unsaturated/α-hetero) is 2. The number of carbonyl (C=O) groups excluding carboxylic acids is 4. The topological polar surface area (TPSA) is 80.8 Å². The highest BCUT2D eigenvalue weighted by Crippen LogP contribution is 2.58. The van der Waals surface area contributed by atoms with Crippen LogP contribution in [0.5, 0.6) is 0 Å². The predicted molar refractivity (Wildman–Crippen MR) is 127 cm³/mol. The Morgan fingerprint density at radius 2 is 1.38 bits per heavy atom. The van der Waals surface area contributed by atoms with E-state index in [4.69, 9.17) is 16.3 Å². The molecule has 168 valence electrons. The molecule has 0 radical (unpaired) electrons. The lowest BCUT2D eigenvalue weighted by molar-refractivity contribution is -0.127. The molecule has 2 heterocycles. The number of benzene rings is 3. The molecular weight excluding hydrogens is 522 g/mol. The highest BCUT2D eigenvalue weighted by Gasteiger charge is 2.74. The van der Waals surface area contributed by atoms with Crippen LogP contribution in [-0.2, 0) is 14.3 Å². The number of halogens is 2. The van der Waals surface area contributed by atoms with Crippen LogP contribution in [0.2, 0.25) is 5.02 Å². The summed E-state index contributed by atoms with van der Waals surface area (Å²) in [5, 5.41) is 0.450. The first-order valence-electron chi connectivity index (χ1n) is 10.6. The fraction of sp³-hybridized carbons (Fsp3) is 0.154. The fourth-order valence-corrected chi connectivity index (χ4v) is 5.99. The summed E-state index contributed by atoms with van der Waals surface area (Å²) in [7, 11) is 0. The second kappa shape index (κ2) is 7.43. The normalized spacial score (nSPS) is 24.8. The SMILES string of the molecule is O=C1[C@H]2[C@H](c3ccccc3Br)OC3(C(=O)c4ccccc4C3=O)[C@H]2C(=O)N1c1ccc(Cl)cc1. The summed E-state index contributed by atoms with van der Waals surface area (Å²) in [4.78, 5) is 56.1. The molecular formula is C26H15BrClNO5. The van der Waals surface area contributed by atoms with Crippen LogP contribution in [0.15, 0.2) is 77.3 Å². The number of ketones is 2. The Morgan fingerprint density at radius 3 is 2.00 bits per heavy atom. The van der Waals surface area contributed by atoms with Crippen molar-refractivity contribution < 1.29 is 23.9 Å². The van der Waals surface area contributed by atoms with Gasteiger partial charge in [0, 0.05) is 20.6 Å². The van der Waals surface area contributed by atoms with Crippen LogP contribution in [0.1, 0.15) is 32.4 Å². The number of imide groups is 1. The van der Waals surface area contributed by atoms with Crippen molar-refractivity contribution in [3.8, 4) is 0 Å². The Balaban J connectivity index is 1.56. The maximum absolute atomic E-state index is 13.8. The number of fused-ring (bicyclic) bond motifs is 3. The number of nitrogens with zero attached hydrogens (tertiary/aromatic N) is 1. The number of ether oxygens (including phenoxy) is 1. The van der Waals surface area contributed by atoms with Crippen molar-refractivity contribution in [1.29, 1.82) is 0 Å². The molecule has 0 bridgehead atoms. The van der Waals surface area contributed by atoms with E-state index in [1.165, 1.54) is 0 Å². The quantitative estimate of drug-likeness (QED) is 0.347. The van der Waals surface area contributed by atoms with E-state index >= 15 is 0 Å². The summed E-state index contributed by atoms with van der Waals surface area (Å²) in [6.07, 6.45) is -0.975. The van der Waals surface area contributed by atoms with Gasteiger partial charge in [-0.05, 0) is 35.9 Å². The van der Waals surface area contributed by atoms with Gasteiger partial charge in [-0.15, -0.1) is 0 Å². The number of hydrogen-bond donors (Lipinski definition) is 0. The van der Waals surface area contributed by atoms with Gasteiger partial charge in [0.2, 0.25) is 29.0 Å². The summed E-state index contributed by atoms with van der Waals surface area (Å²) in [5.41, 5.74) is -0.786. The first kappa shape index (κ1) is 21.4. The lowest BCUT2D eigenvalue weighted by Gasteiger charge is -2.27. The molecule has 0 N–H and O–H groups in total. The summed E-state index contributed by atoms with van der Waals surface area (Å²) < 4.78 is 6.93. The molecule has 1 spiro atoms. The van der Waals surface area contributed by atoms with Crippen LogP contribution in [0.25, 0.3) is 0 Å². The smallest absolute Gasteiger partial charge is 0.241 e. The van der Waals surface area contributed by atoms with Gasteiger partial charge in [-0.25, -0.2) is 4.90 Å². The first-order chi connectivity index (χ1) is 16.4. The van der Waals surface area contributed by atoms with Gasteiger partial charge in [-0.1, -0.05) is 70.0 Å². The van der Waals surface area contributed by atoms with Gasteiger partial charge in [-0.3, -0.25) is 19.2 Å². The molecule has 3 aromatic carbocycles. The number of anilines is 1. The van der Waals surface area contributed by atoms with Crippen molar-refractivity contribution in [2.24, 2.45) is 11.8 Å². The van der Waals surface area contributed by atoms with E-state index in [1.807, 2.05) is 0 Å². The van der Waals surface area contributed by atoms with Crippen molar-refractivity contribution in [2.75, 3.05) is 4.90 Å². The molecule has 3 atom stereocenters. The van der Waals surface area contributed by atoms with Gasteiger partial charge in [-0.2, -0.15) is 0 Å². The predicted octanol–water partition coefficient (Wildman–Crippen LogP) is 4.80. The summed E-state index contributed by atoms with van der Waals surface area (Å²) in [5.74, 6) is -4.68. The number of carbonyl (C=O) groups is 4. The highest BCUT2D eigenvalue weighted by atomic mass is 79.9. The highest BCUT2D eigenvalue weighted by molar-refractivity contribution is 9.10. The minimum absolute atomic E-state index is 0.198. The second-order valence-electron chi connectivity index (χ2n) is 8.49. The number of amides is 2. The van der Waals surface area contributed by atoms with Gasteiger partial charge < -0.3 is 4.74 Å². The third-order valence-corrected chi connectivity index (χ3v) is 7.79. The van der Waals surface area contributed by atoms with E-state index in [2.05, 4.69) is 15.9 Å². The minimum atomic E-state index is -2.10. The van der Waals surface area contributed by atoms with E-state index < -0.39 is 46.9 Å². The van der Waals surface area contributed by atoms with Gasteiger partial charge >= 0.3 is 0 Å². The van der Waals surface area contributed by atoms with E-state index in [0.717, 1.165) is 4.90 Å². The molecule has 34 heavy (non-hydrogen) atoms. The van der Waals surface area contributed by atoms with Gasteiger partial charge in [0.25, 0.3) is 0 Å². The molecule has 2 amide bonds. The maximum Gasteiger partial charge on any atom is 0.241 e. The van der Waals surface area contributed by atoms with Crippen LogP contribution in [0, 0.1) is 11.8 Å². The largest absolute Gasteiger partial charge is 0.349 e. The van der Waals surface area contributed by atoms with Crippen LogP contribution in [-0.4, -0.2) is 29.0 Å². The summed E-state index contributed by atoms with van der Waals surface area (Å²) in [6, 6.07) is 19.8. The zero-order valence-corrected chi connectivity index (χ0v) is 19.7. The third kappa shape index (κ3) is 2.66. The van der Waals surface area contributed by atoms with Crippen LogP contribution in [0.4, 0.5) is 5.69 Å². The van der Waals surface area contributed by atoms with E-state index in [0.29, 0.717) is 20.7 Å². The van der Waals surface area contributed by atoms with Crippen molar-refractivity contribution in [2.45, 2.75) is 11.7 Å². The molecule has 6 nitrogen and oxygen atoms in total. The average molecular weight is 537 g/mol. The van der Waals surface area contributed by atoms with Gasteiger partial charge in [0.05, 0.1) is 23.6 Å². The molecule has 8 heteroatoms. The van der Waals surface area contributed by atoms with Crippen molar-refractivity contribution in [3.63, 3.8) is 0 Å². The first-order valence-corrected chi connectivity index (χ1v) is 11.8. The number of hydrogen-bond acceptors (Lipinski definition) is 5. The van der Waals surface area contributed by atoms with Crippen molar-refractivity contribution >= 4 is 56.6 Å². The molecule has 3 aliphatic rings. The van der Waals surface area contributed by atoms with Crippen molar-refractivity contribution in [3.05, 3.63) is 99.0 Å².